The highest BCUT2D eigenvalue weighted by atomic mass is 32.2. The molecular formula is C9H8F3NO3S. The van der Waals surface area contributed by atoms with Crippen molar-refractivity contribution in [1.29, 1.82) is 0 Å². The average Bonchev–Trinajstić information content (AvgIpc) is 2.15. The molecule has 0 heterocycles. The third-order valence-corrected chi connectivity index (χ3v) is 2.93. The minimum Gasteiger partial charge on any atom is -0.318 e. The molecule has 0 spiro atoms. The number of anilines is 1. The van der Waals surface area contributed by atoms with Crippen LogP contribution in [0.4, 0.5) is 18.9 Å². The molecule has 0 radical (unpaired) electrons. The van der Waals surface area contributed by atoms with Crippen molar-refractivity contribution in [3.63, 3.8) is 0 Å². The van der Waals surface area contributed by atoms with Gasteiger partial charge in [-0.15, -0.1) is 0 Å². The number of hydrogen-bond donors (Lipinski definition) is 1. The van der Waals surface area contributed by atoms with Gasteiger partial charge in [-0.2, -0.15) is 13.2 Å². The number of alkyl halides is 3. The van der Waals surface area contributed by atoms with Crippen LogP contribution in [0.1, 0.15) is 0 Å². The second kappa shape index (κ2) is 4.36. The van der Waals surface area contributed by atoms with E-state index < -0.39 is 21.9 Å². The average molecular weight is 267 g/mol. The van der Waals surface area contributed by atoms with Crippen LogP contribution >= 0.6 is 0 Å². The molecule has 94 valence electrons. The molecule has 0 aliphatic rings. The fourth-order valence-corrected chi connectivity index (χ4v) is 1.62. The number of nitrogens with one attached hydrogen (secondary N) is 1. The first-order valence-corrected chi connectivity index (χ1v) is 6.18. The fourth-order valence-electron chi connectivity index (χ4n) is 0.987. The van der Waals surface area contributed by atoms with Crippen molar-refractivity contribution in [3.05, 3.63) is 24.3 Å². The van der Waals surface area contributed by atoms with Gasteiger partial charge in [0, 0.05) is 11.9 Å². The van der Waals surface area contributed by atoms with Crippen molar-refractivity contribution < 1.29 is 26.4 Å². The lowest BCUT2D eigenvalue weighted by Gasteiger charge is -2.08. The molecule has 0 aromatic heterocycles. The molecule has 1 N–H and O–H groups in total. The van der Waals surface area contributed by atoms with Crippen molar-refractivity contribution in [1.82, 2.24) is 0 Å². The maximum Gasteiger partial charge on any atom is 0.471 e. The molecule has 0 saturated heterocycles. The Bertz CT molecular complexity index is 519. The van der Waals surface area contributed by atoms with Crippen molar-refractivity contribution in [2.45, 2.75) is 11.1 Å². The summed E-state index contributed by atoms with van der Waals surface area (Å²) in [5.74, 6) is -2.11. The molecule has 0 unspecified atom stereocenters. The Morgan fingerprint density at radius 1 is 1.18 bits per heavy atom. The van der Waals surface area contributed by atoms with Gasteiger partial charge in [0.05, 0.1) is 4.90 Å². The lowest BCUT2D eigenvalue weighted by molar-refractivity contribution is -0.167. The van der Waals surface area contributed by atoms with Crippen LogP contribution < -0.4 is 5.32 Å². The van der Waals surface area contributed by atoms with Gasteiger partial charge in [0.15, 0.2) is 9.84 Å². The summed E-state index contributed by atoms with van der Waals surface area (Å²) in [6, 6.07) is 4.39. The molecule has 0 aliphatic carbocycles. The summed E-state index contributed by atoms with van der Waals surface area (Å²) < 4.78 is 57.8. The van der Waals surface area contributed by atoms with Gasteiger partial charge in [0.2, 0.25) is 0 Å². The number of benzene rings is 1. The summed E-state index contributed by atoms with van der Waals surface area (Å²) in [7, 11) is -3.41. The zero-order chi connectivity index (χ0) is 13.3. The molecule has 0 saturated carbocycles. The summed E-state index contributed by atoms with van der Waals surface area (Å²) in [5.41, 5.74) is -0.125. The van der Waals surface area contributed by atoms with Gasteiger partial charge in [-0.05, 0) is 24.3 Å². The second-order valence-corrected chi connectivity index (χ2v) is 5.26. The molecule has 0 fully saturated rings. The van der Waals surface area contributed by atoms with Crippen molar-refractivity contribution in [2.75, 3.05) is 11.6 Å². The highest BCUT2D eigenvalue weighted by molar-refractivity contribution is 7.90. The van der Waals surface area contributed by atoms with Crippen LogP contribution in [0, 0.1) is 0 Å². The van der Waals surface area contributed by atoms with Crippen LogP contribution in [0.25, 0.3) is 0 Å². The quantitative estimate of drug-likeness (QED) is 0.885. The molecule has 1 aromatic rings. The largest absolute Gasteiger partial charge is 0.471 e. The van der Waals surface area contributed by atoms with Crippen molar-refractivity contribution in [2.24, 2.45) is 0 Å². The van der Waals surface area contributed by atoms with Crippen LogP contribution in [0.5, 0.6) is 0 Å². The minimum absolute atomic E-state index is 0.0393. The normalized spacial score (nSPS) is 12.2. The summed E-state index contributed by atoms with van der Waals surface area (Å²) in [5, 5.41) is 1.60. The molecule has 8 heteroatoms. The second-order valence-electron chi connectivity index (χ2n) is 3.25. The zero-order valence-electron chi connectivity index (χ0n) is 8.58. The van der Waals surface area contributed by atoms with Gasteiger partial charge >= 0.3 is 12.1 Å². The highest BCUT2D eigenvalue weighted by Crippen LogP contribution is 2.19. The van der Waals surface area contributed by atoms with E-state index >= 15 is 0 Å². The molecule has 4 nitrogen and oxygen atoms in total. The Balaban J connectivity index is 2.87. The zero-order valence-corrected chi connectivity index (χ0v) is 9.39. The Morgan fingerprint density at radius 3 is 2.00 bits per heavy atom. The number of sulfone groups is 1. The van der Waals surface area contributed by atoms with E-state index in [-0.39, 0.29) is 10.6 Å². The van der Waals surface area contributed by atoms with E-state index in [1.54, 1.807) is 5.32 Å². The standard InChI is InChI=1S/C9H8F3NO3S/c1-17(15,16)7-4-2-6(3-5-7)13-8(14)9(10,11)12/h2-5H,1H3,(H,13,14). The Kier molecular flexibility index (Phi) is 3.46. The van der Waals surface area contributed by atoms with Crippen LogP contribution in [0.15, 0.2) is 29.2 Å². The van der Waals surface area contributed by atoms with Crippen LogP contribution in [-0.2, 0) is 14.6 Å². The predicted molar refractivity (Wildman–Crippen MR) is 54.2 cm³/mol. The first-order chi connectivity index (χ1) is 7.60. The lowest BCUT2D eigenvalue weighted by atomic mass is 10.3. The molecule has 1 aromatic carbocycles. The van der Waals surface area contributed by atoms with E-state index in [1.165, 1.54) is 0 Å². The van der Waals surface area contributed by atoms with Crippen LogP contribution in [0.3, 0.4) is 0 Å². The predicted octanol–water partition coefficient (Wildman–Crippen LogP) is 1.59. The van der Waals surface area contributed by atoms with E-state index in [9.17, 15) is 26.4 Å². The topological polar surface area (TPSA) is 63.2 Å². The van der Waals surface area contributed by atoms with Crippen molar-refractivity contribution >= 4 is 21.4 Å². The number of carbonyl (C=O) groups is 1. The highest BCUT2D eigenvalue weighted by Gasteiger charge is 2.38. The lowest BCUT2D eigenvalue weighted by Crippen LogP contribution is -2.29. The first kappa shape index (κ1) is 13.5. The molecule has 0 atom stereocenters. The maximum absolute atomic E-state index is 11.9. The van der Waals surface area contributed by atoms with Gasteiger partial charge in [-0.3, -0.25) is 4.79 Å². The number of hydrogen-bond acceptors (Lipinski definition) is 3. The van der Waals surface area contributed by atoms with Gasteiger partial charge in [0.1, 0.15) is 0 Å². The fraction of sp³-hybridized carbons (Fsp3) is 0.222. The Hall–Kier alpha value is -1.57. The number of rotatable bonds is 2. The smallest absolute Gasteiger partial charge is 0.318 e. The van der Waals surface area contributed by atoms with Gasteiger partial charge in [-0.25, -0.2) is 8.42 Å². The van der Waals surface area contributed by atoms with Gasteiger partial charge in [0.25, 0.3) is 0 Å². The molecule has 17 heavy (non-hydrogen) atoms. The van der Waals surface area contributed by atoms with E-state index in [0.29, 0.717) is 0 Å². The summed E-state index contributed by atoms with van der Waals surface area (Å²) in [6.45, 7) is 0. The minimum atomic E-state index is -4.98. The molecule has 1 amide bonds. The monoisotopic (exact) mass is 267 g/mol. The third kappa shape index (κ3) is 3.74. The Morgan fingerprint density at radius 2 is 1.65 bits per heavy atom. The van der Waals surface area contributed by atoms with Crippen molar-refractivity contribution in [3.8, 4) is 0 Å². The summed E-state index contributed by atoms with van der Waals surface area (Å²) in [6.07, 6.45) is -4.01. The molecule has 0 bridgehead atoms. The first-order valence-electron chi connectivity index (χ1n) is 4.29. The summed E-state index contributed by atoms with van der Waals surface area (Å²) in [4.78, 5) is 10.5. The molecular weight excluding hydrogens is 259 g/mol. The number of carbonyl (C=O) groups excluding carboxylic acids is 1. The SMILES string of the molecule is CS(=O)(=O)c1ccc(NC(=O)C(F)(F)F)cc1. The van der Waals surface area contributed by atoms with Gasteiger partial charge in [-0.1, -0.05) is 0 Å². The van der Waals surface area contributed by atoms with E-state index in [4.69, 9.17) is 0 Å². The summed E-state index contributed by atoms with van der Waals surface area (Å²) >= 11 is 0. The maximum atomic E-state index is 11.9. The number of halogens is 3. The Labute approximate surface area is 95.4 Å². The van der Waals surface area contributed by atoms with E-state index in [1.807, 2.05) is 0 Å². The number of amides is 1. The van der Waals surface area contributed by atoms with E-state index in [0.717, 1.165) is 30.5 Å². The van der Waals surface area contributed by atoms with E-state index in [2.05, 4.69) is 0 Å². The molecule has 0 aliphatic heterocycles. The molecule has 1 rings (SSSR count). The van der Waals surface area contributed by atoms with Gasteiger partial charge < -0.3 is 5.32 Å². The third-order valence-electron chi connectivity index (χ3n) is 1.80. The van der Waals surface area contributed by atoms with Crippen LogP contribution in [-0.4, -0.2) is 26.8 Å². The van der Waals surface area contributed by atoms with Crippen LogP contribution in [0.2, 0.25) is 0 Å².